The molecule has 1 aliphatic heterocycles. The molecule has 0 spiro atoms. The van der Waals surface area contributed by atoms with E-state index in [9.17, 15) is 4.79 Å². The number of nitrogens with two attached hydrogens (primary N) is 1. The van der Waals surface area contributed by atoms with Crippen molar-refractivity contribution in [2.24, 2.45) is 5.73 Å². The number of primary amides is 1. The summed E-state index contributed by atoms with van der Waals surface area (Å²) in [7, 11) is 0. The van der Waals surface area contributed by atoms with Gasteiger partial charge < -0.3 is 25.3 Å². The lowest BCUT2D eigenvalue weighted by molar-refractivity contribution is -0.119. The van der Waals surface area contributed by atoms with Crippen LogP contribution in [0.2, 0.25) is 10.0 Å². The second-order valence-corrected chi connectivity index (χ2v) is 8.74. The van der Waals surface area contributed by atoms with Crippen LogP contribution in [0.3, 0.4) is 0 Å². The van der Waals surface area contributed by atoms with Gasteiger partial charge >= 0.3 is 0 Å². The number of hydrogen-bond acceptors (Lipinski definition) is 5. The Morgan fingerprint density at radius 1 is 0.892 bits per heavy atom. The molecule has 0 saturated carbocycles. The Morgan fingerprint density at radius 3 is 2.30 bits per heavy atom. The van der Waals surface area contributed by atoms with E-state index in [-0.39, 0.29) is 13.2 Å². The summed E-state index contributed by atoms with van der Waals surface area (Å²) in [6.45, 7) is 6.33. The molecule has 0 radical (unpaired) electrons. The van der Waals surface area contributed by atoms with Crippen LogP contribution < -0.4 is 25.3 Å². The van der Waals surface area contributed by atoms with Gasteiger partial charge in [0.15, 0.2) is 6.61 Å². The minimum atomic E-state index is -0.532. The molecule has 0 bridgehead atoms. The van der Waals surface area contributed by atoms with Crippen LogP contribution >= 0.6 is 23.2 Å². The van der Waals surface area contributed by atoms with Crippen molar-refractivity contribution in [3.63, 3.8) is 0 Å². The number of aryl methyl sites for hydroxylation is 1. The van der Waals surface area contributed by atoms with Gasteiger partial charge in [-0.15, -0.1) is 0 Å². The molecule has 0 aromatic heterocycles. The fraction of sp³-hybridized carbons (Fsp3) is 0.207. The van der Waals surface area contributed by atoms with Gasteiger partial charge in [-0.05, 0) is 42.3 Å². The number of halogens is 2. The molecule has 3 aromatic rings. The molecule has 0 unspecified atom stereocenters. The number of carbonyl (C=O) groups excluding carboxylic acids is 1. The van der Waals surface area contributed by atoms with Crippen molar-refractivity contribution in [3.05, 3.63) is 99.2 Å². The van der Waals surface area contributed by atoms with Crippen molar-refractivity contribution >= 4 is 40.9 Å². The molecule has 0 atom stereocenters. The lowest BCUT2D eigenvalue weighted by Gasteiger charge is -2.14. The average molecular weight is 541 g/mol. The second kappa shape index (κ2) is 13.6. The van der Waals surface area contributed by atoms with E-state index in [1.165, 1.54) is 0 Å². The molecule has 4 rings (SSSR count). The number of amides is 1. The molecule has 8 heteroatoms. The number of ether oxygens (including phenoxy) is 3. The number of nitrogens with one attached hydrogen (secondary N) is 1. The minimum absolute atomic E-state index is 0.189. The second-order valence-electron chi connectivity index (χ2n) is 7.92. The molecule has 1 aliphatic rings. The maximum absolute atomic E-state index is 11.1. The highest BCUT2D eigenvalue weighted by molar-refractivity contribution is 6.42. The third-order valence-corrected chi connectivity index (χ3v) is 5.96. The highest BCUT2D eigenvalue weighted by Crippen LogP contribution is 2.32. The highest BCUT2D eigenvalue weighted by Gasteiger charge is 2.11. The Balaban J connectivity index is 0.00000186. The van der Waals surface area contributed by atoms with E-state index in [2.05, 4.69) is 5.32 Å². The van der Waals surface area contributed by atoms with Gasteiger partial charge in [0.05, 0.1) is 10.0 Å². The summed E-state index contributed by atoms with van der Waals surface area (Å²) >= 11 is 12.2. The predicted molar refractivity (Wildman–Crippen MR) is 151 cm³/mol. The van der Waals surface area contributed by atoms with E-state index in [0.717, 1.165) is 28.0 Å². The van der Waals surface area contributed by atoms with Crippen molar-refractivity contribution in [1.29, 1.82) is 0 Å². The van der Waals surface area contributed by atoms with Gasteiger partial charge in [0.25, 0.3) is 5.91 Å². The Bertz CT molecular complexity index is 1310. The zero-order valence-corrected chi connectivity index (χ0v) is 22.5. The summed E-state index contributed by atoms with van der Waals surface area (Å²) in [5.41, 5.74) is 9.68. The summed E-state index contributed by atoms with van der Waals surface area (Å²) in [5.74, 6) is 1.38. The number of anilines is 1. The molecule has 37 heavy (non-hydrogen) atoms. The van der Waals surface area contributed by atoms with Gasteiger partial charge in [-0.1, -0.05) is 73.5 Å². The fourth-order valence-electron chi connectivity index (χ4n) is 3.49. The number of hydrogen-bond donors (Lipinski definition) is 2. The zero-order chi connectivity index (χ0) is 26.8. The zero-order valence-electron chi connectivity index (χ0n) is 21.0. The number of para-hydroxylation sites is 1. The van der Waals surface area contributed by atoms with Crippen molar-refractivity contribution < 1.29 is 19.0 Å². The SMILES string of the molecule is CC.Cc1cccc(COc2cccc(OCC3=CNc4cc(Cl)c(Cl)cc4C=C3)c2)c1OCC(N)=O. The summed E-state index contributed by atoms with van der Waals surface area (Å²) in [5, 5.41) is 4.24. The summed E-state index contributed by atoms with van der Waals surface area (Å²) in [4.78, 5) is 11.1. The van der Waals surface area contributed by atoms with Gasteiger partial charge in [0.1, 0.15) is 30.5 Å². The molecule has 194 valence electrons. The van der Waals surface area contributed by atoms with Gasteiger partial charge in [0.2, 0.25) is 0 Å². The van der Waals surface area contributed by atoms with Crippen molar-refractivity contribution in [1.82, 2.24) is 0 Å². The normalized spacial score (nSPS) is 11.6. The number of benzene rings is 3. The summed E-state index contributed by atoms with van der Waals surface area (Å²) < 4.78 is 17.5. The van der Waals surface area contributed by atoms with Gasteiger partial charge in [-0.3, -0.25) is 4.79 Å². The first kappa shape index (κ1) is 28.0. The van der Waals surface area contributed by atoms with Crippen LogP contribution in [-0.2, 0) is 11.4 Å². The Hall–Kier alpha value is -3.61. The number of rotatable bonds is 9. The van der Waals surface area contributed by atoms with Crippen LogP contribution in [0, 0.1) is 6.92 Å². The Morgan fingerprint density at radius 2 is 1.57 bits per heavy atom. The van der Waals surface area contributed by atoms with E-state index < -0.39 is 5.91 Å². The molecule has 0 fully saturated rings. The monoisotopic (exact) mass is 540 g/mol. The first-order valence-electron chi connectivity index (χ1n) is 11.9. The van der Waals surface area contributed by atoms with Gasteiger partial charge in [-0.2, -0.15) is 0 Å². The Labute approximate surface area is 227 Å². The Kier molecular flexibility index (Phi) is 10.3. The topological polar surface area (TPSA) is 82.8 Å². The summed E-state index contributed by atoms with van der Waals surface area (Å²) in [6, 6.07) is 16.7. The van der Waals surface area contributed by atoms with Crippen molar-refractivity contribution in [3.8, 4) is 17.2 Å². The van der Waals surface area contributed by atoms with Crippen LogP contribution in [0.5, 0.6) is 17.2 Å². The largest absolute Gasteiger partial charge is 0.489 e. The number of fused-ring (bicyclic) bond motifs is 1. The predicted octanol–water partition coefficient (Wildman–Crippen LogP) is 7.17. The molecule has 3 aromatic carbocycles. The molecule has 0 aliphatic carbocycles. The molecule has 1 amide bonds. The lowest BCUT2D eigenvalue weighted by Crippen LogP contribution is -2.21. The molecular formula is C29H30Cl2N2O4. The summed E-state index contributed by atoms with van der Waals surface area (Å²) in [6.07, 6.45) is 5.80. The van der Waals surface area contributed by atoms with Crippen LogP contribution in [0.1, 0.15) is 30.5 Å². The lowest BCUT2D eigenvalue weighted by atomic mass is 10.1. The molecule has 6 nitrogen and oxygen atoms in total. The standard InChI is InChI=1S/C27H24Cl2N2O4.C2H6/c1-17-4-2-5-20(27(17)35-16-26(30)32)15-34-22-7-3-6-21(11-22)33-14-18-8-9-19-10-23(28)24(29)12-25(19)31-13-18;1-2/h2-13,31H,14-16H2,1H3,(H2,30,32);1-2H3. The van der Waals surface area contributed by atoms with Crippen molar-refractivity contribution in [2.45, 2.75) is 27.4 Å². The maximum Gasteiger partial charge on any atom is 0.255 e. The van der Waals surface area contributed by atoms with E-state index in [1.807, 2.05) is 87.7 Å². The van der Waals surface area contributed by atoms with Gasteiger partial charge in [0, 0.05) is 29.1 Å². The number of carbonyl (C=O) groups is 1. The maximum atomic E-state index is 11.1. The van der Waals surface area contributed by atoms with E-state index in [4.69, 9.17) is 43.1 Å². The van der Waals surface area contributed by atoms with Crippen LogP contribution in [0.4, 0.5) is 5.69 Å². The molecule has 3 N–H and O–H groups in total. The molecular weight excluding hydrogens is 511 g/mol. The van der Waals surface area contributed by atoms with Crippen LogP contribution in [0.15, 0.2) is 72.4 Å². The fourth-order valence-corrected chi connectivity index (χ4v) is 3.82. The van der Waals surface area contributed by atoms with Crippen molar-refractivity contribution in [2.75, 3.05) is 18.5 Å². The third-order valence-electron chi connectivity index (χ3n) is 5.24. The molecule has 1 heterocycles. The van der Waals surface area contributed by atoms with E-state index >= 15 is 0 Å². The van der Waals surface area contributed by atoms with Crippen LogP contribution in [0.25, 0.3) is 6.08 Å². The van der Waals surface area contributed by atoms with E-state index in [0.29, 0.717) is 33.9 Å². The van der Waals surface area contributed by atoms with Crippen LogP contribution in [-0.4, -0.2) is 19.1 Å². The quantitative estimate of drug-likeness (QED) is 0.300. The van der Waals surface area contributed by atoms with Gasteiger partial charge in [-0.25, -0.2) is 0 Å². The highest BCUT2D eigenvalue weighted by atomic mass is 35.5. The smallest absolute Gasteiger partial charge is 0.255 e. The van der Waals surface area contributed by atoms with E-state index in [1.54, 1.807) is 6.07 Å². The third kappa shape index (κ3) is 7.94. The average Bonchev–Trinajstić information content (AvgIpc) is 3.09. The first-order chi connectivity index (χ1) is 17.9. The first-order valence-corrected chi connectivity index (χ1v) is 12.6. The molecule has 0 saturated heterocycles. The minimum Gasteiger partial charge on any atom is -0.489 e.